The first-order valence-corrected chi connectivity index (χ1v) is 5.11. The Morgan fingerprint density at radius 1 is 1.24 bits per heavy atom. The number of carbonyl (C=O) groups excluding carboxylic acids is 1. The molecule has 0 heterocycles. The van der Waals surface area contributed by atoms with E-state index in [-0.39, 0.29) is 11.4 Å². The van der Waals surface area contributed by atoms with Gasteiger partial charge < -0.3 is 9.47 Å². The van der Waals surface area contributed by atoms with Crippen LogP contribution in [0.4, 0.5) is 0 Å². The van der Waals surface area contributed by atoms with E-state index in [0.717, 1.165) is 5.56 Å². The molecule has 17 heavy (non-hydrogen) atoms. The molecular weight excluding hydrogens is 218 g/mol. The highest BCUT2D eigenvalue weighted by Gasteiger charge is 2.22. The Morgan fingerprint density at radius 2 is 1.88 bits per heavy atom. The Bertz CT molecular complexity index is 553. The fourth-order valence-electron chi connectivity index (χ4n) is 1.85. The monoisotopic (exact) mass is 229 g/mol. The summed E-state index contributed by atoms with van der Waals surface area (Å²) in [4.78, 5) is 11.9. The lowest BCUT2D eigenvalue weighted by Crippen LogP contribution is -2.11. The standard InChI is InChI=1S/C13H11NO3/c1-16-11-5-8-3-4-9(7-14)13(15)10(8)6-12(11)17-2/h4-6H,3H2,1-2H3. The Hall–Kier alpha value is -2.28. The van der Waals surface area contributed by atoms with E-state index >= 15 is 0 Å². The maximum absolute atomic E-state index is 11.9. The zero-order valence-electron chi connectivity index (χ0n) is 9.61. The normalized spacial score (nSPS) is 13.5. The molecule has 0 saturated carbocycles. The van der Waals surface area contributed by atoms with E-state index in [2.05, 4.69) is 0 Å². The summed E-state index contributed by atoms with van der Waals surface area (Å²) in [5, 5.41) is 8.82. The summed E-state index contributed by atoms with van der Waals surface area (Å²) in [6.07, 6.45) is 2.20. The van der Waals surface area contributed by atoms with E-state index < -0.39 is 0 Å². The van der Waals surface area contributed by atoms with Gasteiger partial charge in [0, 0.05) is 5.56 Å². The number of carbonyl (C=O) groups is 1. The fourth-order valence-corrected chi connectivity index (χ4v) is 1.85. The molecule has 0 bridgehead atoms. The van der Waals surface area contributed by atoms with E-state index in [1.54, 1.807) is 25.3 Å². The average Bonchev–Trinajstić information content (AvgIpc) is 2.38. The molecule has 1 aliphatic carbocycles. The molecule has 1 aliphatic rings. The van der Waals surface area contributed by atoms with Gasteiger partial charge in [0.1, 0.15) is 6.07 Å². The van der Waals surface area contributed by atoms with E-state index in [4.69, 9.17) is 14.7 Å². The van der Waals surface area contributed by atoms with Gasteiger partial charge in [-0.05, 0) is 24.1 Å². The van der Waals surface area contributed by atoms with Crippen molar-refractivity contribution in [3.8, 4) is 17.6 Å². The minimum atomic E-state index is -0.255. The SMILES string of the molecule is COc1cc2c(cc1OC)C(=O)C(C#N)=CC2. The molecule has 0 aromatic heterocycles. The molecule has 0 amide bonds. The van der Waals surface area contributed by atoms with E-state index in [1.165, 1.54) is 7.11 Å². The van der Waals surface area contributed by atoms with E-state index in [1.807, 2.05) is 6.07 Å². The predicted octanol–water partition coefficient (Wildman–Crippen LogP) is 1.89. The minimum Gasteiger partial charge on any atom is -0.493 e. The van der Waals surface area contributed by atoms with Gasteiger partial charge >= 0.3 is 0 Å². The molecular formula is C13H11NO3. The van der Waals surface area contributed by atoms with Crippen LogP contribution in [0.5, 0.6) is 11.5 Å². The average molecular weight is 229 g/mol. The number of fused-ring (bicyclic) bond motifs is 1. The van der Waals surface area contributed by atoms with Crippen LogP contribution in [0.15, 0.2) is 23.8 Å². The van der Waals surface area contributed by atoms with Crippen LogP contribution < -0.4 is 9.47 Å². The van der Waals surface area contributed by atoms with Crippen LogP contribution >= 0.6 is 0 Å². The number of methoxy groups -OCH3 is 2. The van der Waals surface area contributed by atoms with Crippen molar-refractivity contribution >= 4 is 5.78 Å². The molecule has 1 aromatic rings. The Morgan fingerprint density at radius 3 is 2.47 bits per heavy atom. The number of allylic oxidation sites excluding steroid dienone is 2. The van der Waals surface area contributed by atoms with Gasteiger partial charge in [-0.1, -0.05) is 6.08 Å². The van der Waals surface area contributed by atoms with E-state index in [9.17, 15) is 4.79 Å². The van der Waals surface area contributed by atoms with Crippen LogP contribution in [0.2, 0.25) is 0 Å². The van der Waals surface area contributed by atoms with Crippen molar-refractivity contribution in [1.29, 1.82) is 5.26 Å². The number of ketones is 1. The van der Waals surface area contributed by atoms with Crippen LogP contribution in [-0.2, 0) is 6.42 Å². The van der Waals surface area contributed by atoms with Crippen LogP contribution in [0.3, 0.4) is 0 Å². The second-order valence-corrected chi connectivity index (χ2v) is 3.63. The lowest BCUT2D eigenvalue weighted by atomic mass is 9.90. The summed E-state index contributed by atoms with van der Waals surface area (Å²) in [6.45, 7) is 0. The first kappa shape index (κ1) is 11.2. The van der Waals surface area contributed by atoms with Crippen LogP contribution in [-0.4, -0.2) is 20.0 Å². The fraction of sp³-hybridized carbons (Fsp3) is 0.231. The smallest absolute Gasteiger partial charge is 0.203 e. The number of nitriles is 1. The highest BCUT2D eigenvalue weighted by atomic mass is 16.5. The molecule has 0 atom stereocenters. The van der Waals surface area contributed by atoms with Crippen molar-refractivity contribution in [3.05, 3.63) is 34.9 Å². The zero-order valence-corrected chi connectivity index (χ0v) is 9.61. The summed E-state index contributed by atoms with van der Waals surface area (Å²) < 4.78 is 10.3. The summed E-state index contributed by atoms with van der Waals surface area (Å²) in [6, 6.07) is 5.30. The molecule has 1 aromatic carbocycles. The molecule has 0 saturated heterocycles. The highest BCUT2D eigenvalue weighted by Crippen LogP contribution is 2.33. The number of rotatable bonds is 2. The molecule has 4 nitrogen and oxygen atoms in total. The third-order valence-corrected chi connectivity index (χ3v) is 2.75. The van der Waals surface area contributed by atoms with E-state index in [0.29, 0.717) is 23.5 Å². The number of ether oxygens (including phenoxy) is 2. The number of hydrogen-bond donors (Lipinski definition) is 0. The molecule has 0 aliphatic heterocycles. The van der Waals surface area contributed by atoms with Gasteiger partial charge in [-0.15, -0.1) is 0 Å². The Balaban J connectivity index is 2.56. The van der Waals surface area contributed by atoms with Gasteiger partial charge in [-0.25, -0.2) is 0 Å². The largest absolute Gasteiger partial charge is 0.493 e. The third kappa shape index (κ3) is 1.76. The highest BCUT2D eigenvalue weighted by molar-refractivity contribution is 6.13. The van der Waals surface area contributed by atoms with Crippen molar-refractivity contribution in [1.82, 2.24) is 0 Å². The molecule has 4 heteroatoms. The van der Waals surface area contributed by atoms with Gasteiger partial charge in [0.05, 0.1) is 19.8 Å². The van der Waals surface area contributed by atoms with Crippen molar-refractivity contribution in [2.75, 3.05) is 14.2 Å². The predicted molar refractivity (Wildman–Crippen MR) is 61.3 cm³/mol. The topological polar surface area (TPSA) is 59.3 Å². The van der Waals surface area contributed by atoms with Crippen molar-refractivity contribution < 1.29 is 14.3 Å². The number of hydrogen-bond acceptors (Lipinski definition) is 4. The van der Waals surface area contributed by atoms with Gasteiger partial charge in [0.15, 0.2) is 11.5 Å². The van der Waals surface area contributed by atoms with Gasteiger partial charge in [-0.3, -0.25) is 4.79 Å². The van der Waals surface area contributed by atoms with Crippen molar-refractivity contribution in [2.24, 2.45) is 0 Å². The summed E-state index contributed by atoms with van der Waals surface area (Å²) in [5.74, 6) is 0.835. The van der Waals surface area contributed by atoms with Crippen LogP contribution in [0, 0.1) is 11.3 Å². The second kappa shape index (κ2) is 4.30. The Labute approximate surface area is 99.1 Å². The van der Waals surface area contributed by atoms with Gasteiger partial charge in [-0.2, -0.15) is 5.26 Å². The molecule has 0 radical (unpaired) electrons. The quantitative estimate of drug-likeness (QED) is 0.777. The number of benzene rings is 1. The molecule has 0 N–H and O–H groups in total. The first-order valence-electron chi connectivity index (χ1n) is 5.11. The third-order valence-electron chi connectivity index (χ3n) is 2.75. The summed E-state index contributed by atoms with van der Waals surface area (Å²) in [7, 11) is 3.06. The summed E-state index contributed by atoms with van der Waals surface area (Å²) >= 11 is 0. The number of nitrogens with zero attached hydrogens (tertiary/aromatic N) is 1. The summed E-state index contributed by atoms with van der Waals surface area (Å²) in [5.41, 5.74) is 1.55. The maximum atomic E-state index is 11.9. The minimum absolute atomic E-state index is 0.185. The van der Waals surface area contributed by atoms with Crippen LogP contribution in [0.1, 0.15) is 15.9 Å². The second-order valence-electron chi connectivity index (χ2n) is 3.63. The molecule has 2 rings (SSSR count). The van der Waals surface area contributed by atoms with Crippen molar-refractivity contribution in [3.63, 3.8) is 0 Å². The van der Waals surface area contributed by atoms with Gasteiger partial charge in [0.2, 0.25) is 5.78 Å². The van der Waals surface area contributed by atoms with Gasteiger partial charge in [0.25, 0.3) is 0 Å². The molecule has 0 spiro atoms. The first-order chi connectivity index (χ1) is 8.21. The molecule has 0 fully saturated rings. The lowest BCUT2D eigenvalue weighted by Gasteiger charge is -2.16. The molecule has 86 valence electrons. The molecule has 0 unspecified atom stereocenters. The zero-order chi connectivity index (χ0) is 12.4. The maximum Gasteiger partial charge on any atom is 0.203 e. The van der Waals surface area contributed by atoms with Crippen LogP contribution in [0.25, 0.3) is 0 Å². The number of Topliss-reactive ketones (excluding diaryl/α,β-unsaturated/α-hetero) is 1. The van der Waals surface area contributed by atoms with Crippen molar-refractivity contribution in [2.45, 2.75) is 6.42 Å². The lowest BCUT2D eigenvalue weighted by molar-refractivity contribution is 0.103. The Kier molecular flexibility index (Phi) is 2.84.